The Kier molecular flexibility index (Phi) is 7.41. The summed E-state index contributed by atoms with van der Waals surface area (Å²) in [5, 5.41) is 2.95. The van der Waals surface area contributed by atoms with E-state index in [-0.39, 0.29) is 5.91 Å². The lowest BCUT2D eigenvalue weighted by atomic mass is 10.2. The summed E-state index contributed by atoms with van der Waals surface area (Å²) in [6.07, 6.45) is 5.22. The van der Waals surface area contributed by atoms with Gasteiger partial charge in [0.1, 0.15) is 16.9 Å². The van der Waals surface area contributed by atoms with Gasteiger partial charge in [0.2, 0.25) is 0 Å². The van der Waals surface area contributed by atoms with E-state index in [9.17, 15) is 4.79 Å². The Hall–Kier alpha value is -2.67. The molecular formula is C22H31N5O2. The predicted octanol–water partition coefficient (Wildman–Crippen LogP) is 3.90. The fraction of sp³-hybridized carbons (Fsp3) is 0.500. The summed E-state index contributed by atoms with van der Waals surface area (Å²) in [7, 11) is 0. The molecule has 7 heteroatoms. The average Bonchev–Trinajstić information content (AvgIpc) is 2.99. The summed E-state index contributed by atoms with van der Waals surface area (Å²) >= 11 is 0. The minimum Gasteiger partial charge on any atom is -0.384 e. The van der Waals surface area contributed by atoms with Gasteiger partial charge in [0.15, 0.2) is 5.65 Å². The Balaban J connectivity index is 1.93. The minimum atomic E-state index is -0.208. The quantitative estimate of drug-likeness (QED) is 0.479. The Morgan fingerprint density at radius 3 is 2.59 bits per heavy atom. The molecule has 0 atom stereocenters. The fourth-order valence-electron chi connectivity index (χ4n) is 3.47. The van der Waals surface area contributed by atoms with Gasteiger partial charge in [0, 0.05) is 26.3 Å². The largest absolute Gasteiger partial charge is 0.384 e. The van der Waals surface area contributed by atoms with E-state index in [0.29, 0.717) is 42.3 Å². The lowest BCUT2D eigenvalue weighted by Gasteiger charge is -2.08. The monoisotopic (exact) mass is 397 g/mol. The van der Waals surface area contributed by atoms with Crippen molar-refractivity contribution in [2.75, 3.05) is 25.5 Å². The van der Waals surface area contributed by atoms with Gasteiger partial charge in [-0.2, -0.15) is 0 Å². The predicted molar refractivity (Wildman–Crippen MR) is 117 cm³/mol. The van der Waals surface area contributed by atoms with Crippen LogP contribution in [-0.2, 0) is 11.3 Å². The van der Waals surface area contributed by atoms with Crippen LogP contribution < -0.4 is 11.1 Å². The normalized spacial score (nSPS) is 11.4. The Morgan fingerprint density at radius 2 is 1.86 bits per heavy atom. The zero-order valence-corrected chi connectivity index (χ0v) is 17.4. The first kappa shape index (κ1) is 21.0. The van der Waals surface area contributed by atoms with Crippen molar-refractivity contribution in [2.24, 2.45) is 0 Å². The van der Waals surface area contributed by atoms with E-state index in [1.54, 1.807) is 0 Å². The zero-order chi connectivity index (χ0) is 20.6. The number of carbonyl (C=O) groups excluding carboxylic acids is 1. The van der Waals surface area contributed by atoms with Gasteiger partial charge >= 0.3 is 0 Å². The molecule has 7 nitrogen and oxygen atoms in total. The second-order valence-corrected chi connectivity index (χ2v) is 7.16. The number of ether oxygens (including phenoxy) is 1. The molecule has 0 bridgehead atoms. The first-order chi connectivity index (χ1) is 14.2. The summed E-state index contributed by atoms with van der Waals surface area (Å²) in [5.41, 5.74) is 9.67. The average molecular weight is 398 g/mol. The van der Waals surface area contributed by atoms with Gasteiger partial charge < -0.3 is 20.4 Å². The summed E-state index contributed by atoms with van der Waals surface area (Å²) in [4.78, 5) is 22.4. The molecule has 3 N–H and O–H groups in total. The van der Waals surface area contributed by atoms with Crippen molar-refractivity contribution in [3.63, 3.8) is 0 Å². The number of nitrogens with zero attached hydrogens (tertiary/aromatic N) is 3. The SMILES string of the molecule is CCCCCCn1c(N)c(C(=O)NCCCOCC)c2nc3ccccc3nc21. The first-order valence-electron chi connectivity index (χ1n) is 10.6. The van der Waals surface area contributed by atoms with E-state index in [0.717, 1.165) is 36.8 Å². The van der Waals surface area contributed by atoms with E-state index < -0.39 is 0 Å². The van der Waals surface area contributed by atoms with Crippen LogP contribution >= 0.6 is 0 Å². The highest BCUT2D eigenvalue weighted by molar-refractivity contribution is 6.10. The number of aromatic nitrogens is 3. The van der Waals surface area contributed by atoms with E-state index in [1.807, 2.05) is 35.8 Å². The van der Waals surface area contributed by atoms with Crippen LogP contribution in [-0.4, -0.2) is 40.2 Å². The van der Waals surface area contributed by atoms with Crippen molar-refractivity contribution in [1.82, 2.24) is 19.9 Å². The number of hydrogen-bond acceptors (Lipinski definition) is 5. The molecule has 29 heavy (non-hydrogen) atoms. The molecule has 156 valence electrons. The van der Waals surface area contributed by atoms with Crippen LogP contribution in [0, 0.1) is 0 Å². The number of nitrogens with one attached hydrogen (secondary N) is 1. The summed E-state index contributed by atoms with van der Waals surface area (Å²) in [6.45, 7) is 6.70. The highest BCUT2D eigenvalue weighted by atomic mass is 16.5. The molecule has 0 aliphatic rings. The molecule has 0 aliphatic heterocycles. The molecule has 1 amide bonds. The molecule has 2 heterocycles. The molecule has 0 spiro atoms. The number of nitrogen functional groups attached to an aromatic ring is 1. The molecule has 0 fully saturated rings. The van der Waals surface area contributed by atoms with Crippen molar-refractivity contribution in [3.8, 4) is 0 Å². The van der Waals surface area contributed by atoms with Crippen molar-refractivity contribution in [1.29, 1.82) is 0 Å². The third kappa shape index (κ3) is 4.85. The zero-order valence-electron chi connectivity index (χ0n) is 17.4. The number of nitrogens with two attached hydrogens (primary N) is 1. The number of unbranched alkanes of at least 4 members (excludes halogenated alkanes) is 3. The highest BCUT2D eigenvalue weighted by Gasteiger charge is 2.23. The van der Waals surface area contributed by atoms with E-state index in [2.05, 4.69) is 12.2 Å². The van der Waals surface area contributed by atoms with Crippen molar-refractivity contribution in [3.05, 3.63) is 29.8 Å². The maximum Gasteiger partial charge on any atom is 0.257 e. The van der Waals surface area contributed by atoms with Gasteiger partial charge in [0.05, 0.1) is 11.0 Å². The highest BCUT2D eigenvalue weighted by Crippen LogP contribution is 2.28. The summed E-state index contributed by atoms with van der Waals surface area (Å²) in [5.74, 6) is 0.231. The van der Waals surface area contributed by atoms with Crippen molar-refractivity contribution >= 4 is 33.9 Å². The number of rotatable bonds is 11. The number of amides is 1. The van der Waals surface area contributed by atoms with Gasteiger partial charge in [-0.05, 0) is 31.9 Å². The number of carbonyl (C=O) groups is 1. The van der Waals surface area contributed by atoms with E-state index in [4.69, 9.17) is 20.4 Å². The van der Waals surface area contributed by atoms with E-state index in [1.165, 1.54) is 12.8 Å². The standard InChI is InChI=1S/C22H31N5O2/c1-3-5-6-9-14-27-20(23)18(22(28)24-13-10-15-29-4-2)19-21(27)26-17-12-8-7-11-16(17)25-19/h7-8,11-12H,3-6,9-10,13-15,23H2,1-2H3,(H,24,28). The topological polar surface area (TPSA) is 95.1 Å². The maximum atomic E-state index is 12.9. The number of anilines is 1. The number of fused-ring (bicyclic) bond motifs is 2. The molecule has 3 aromatic rings. The smallest absolute Gasteiger partial charge is 0.257 e. The van der Waals surface area contributed by atoms with Crippen LogP contribution in [0.5, 0.6) is 0 Å². The lowest BCUT2D eigenvalue weighted by molar-refractivity contribution is 0.0946. The minimum absolute atomic E-state index is 0.208. The van der Waals surface area contributed by atoms with Crippen molar-refractivity contribution < 1.29 is 9.53 Å². The molecule has 0 aliphatic carbocycles. The lowest BCUT2D eigenvalue weighted by Crippen LogP contribution is -2.26. The molecular weight excluding hydrogens is 366 g/mol. The first-order valence-corrected chi connectivity index (χ1v) is 10.6. The number of hydrogen-bond donors (Lipinski definition) is 2. The second kappa shape index (κ2) is 10.2. The summed E-state index contributed by atoms with van der Waals surface area (Å²) in [6, 6.07) is 7.69. The second-order valence-electron chi connectivity index (χ2n) is 7.16. The van der Waals surface area contributed by atoms with Crippen molar-refractivity contribution in [2.45, 2.75) is 52.5 Å². The van der Waals surface area contributed by atoms with Crippen LogP contribution in [0.15, 0.2) is 24.3 Å². The van der Waals surface area contributed by atoms with Gasteiger partial charge in [-0.25, -0.2) is 9.97 Å². The molecule has 3 rings (SSSR count). The summed E-state index contributed by atoms with van der Waals surface area (Å²) < 4.78 is 7.27. The van der Waals surface area contributed by atoms with Crippen LogP contribution in [0.25, 0.3) is 22.2 Å². The molecule has 0 unspecified atom stereocenters. The molecule has 0 radical (unpaired) electrons. The van der Waals surface area contributed by atoms with Crippen LogP contribution in [0.2, 0.25) is 0 Å². The Labute approximate surface area is 171 Å². The maximum absolute atomic E-state index is 12.9. The van der Waals surface area contributed by atoms with Crippen LogP contribution in [0.3, 0.4) is 0 Å². The van der Waals surface area contributed by atoms with Gasteiger partial charge in [-0.1, -0.05) is 38.3 Å². The van der Waals surface area contributed by atoms with E-state index >= 15 is 0 Å². The van der Waals surface area contributed by atoms with Gasteiger partial charge in [-0.15, -0.1) is 0 Å². The molecule has 0 saturated carbocycles. The van der Waals surface area contributed by atoms with Gasteiger partial charge in [0.25, 0.3) is 5.91 Å². The third-order valence-electron chi connectivity index (χ3n) is 5.01. The number of benzene rings is 1. The molecule has 0 saturated heterocycles. The van der Waals surface area contributed by atoms with Crippen LogP contribution in [0.4, 0.5) is 5.82 Å². The Morgan fingerprint density at radius 1 is 1.10 bits per heavy atom. The number of para-hydroxylation sites is 2. The Bertz CT molecular complexity index is 967. The van der Waals surface area contributed by atoms with Gasteiger partial charge in [-0.3, -0.25) is 4.79 Å². The third-order valence-corrected chi connectivity index (χ3v) is 5.01. The number of aryl methyl sites for hydroxylation is 1. The molecule has 1 aromatic carbocycles. The van der Waals surface area contributed by atoms with Crippen LogP contribution in [0.1, 0.15) is 56.3 Å². The fourth-order valence-corrected chi connectivity index (χ4v) is 3.47. The molecule has 2 aromatic heterocycles.